The highest BCUT2D eigenvalue weighted by Crippen LogP contribution is 2.42. The molecule has 0 unspecified atom stereocenters. The van der Waals surface area contributed by atoms with Gasteiger partial charge in [-0.05, 0) is 18.2 Å². The lowest BCUT2D eigenvalue weighted by Crippen LogP contribution is -1.95. The zero-order chi connectivity index (χ0) is 17.1. The number of aromatic nitrogens is 1. The third kappa shape index (κ3) is 2.72. The van der Waals surface area contributed by atoms with Crippen LogP contribution in [0.25, 0.3) is 22.6 Å². The van der Waals surface area contributed by atoms with Gasteiger partial charge < -0.3 is 19.1 Å². The number of nitrogens with zero attached hydrogens (tertiary/aromatic N) is 1. The van der Waals surface area contributed by atoms with E-state index in [-0.39, 0.29) is 6.61 Å². The minimum atomic E-state index is -0.250. The molecule has 0 spiro atoms. The molecule has 24 heavy (non-hydrogen) atoms. The Morgan fingerprint density at radius 2 is 1.79 bits per heavy atom. The average Bonchev–Trinajstić information content (AvgIpc) is 3.04. The maximum Gasteiger partial charge on any atom is 0.176 e. The van der Waals surface area contributed by atoms with Crippen LogP contribution in [0.5, 0.6) is 11.5 Å². The smallest absolute Gasteiger partial charge is 0.176 e. The van der Waals surface area contributed by atoms with Crippen molar-refractivity contribution in [2.45, 2.75) is 6.61 Å². The van der Waals surface area contributed by atoms with Crippen molar-refractivity contribution in [2.75, 3.05) is 14.2 Å². The Bertz CT molecular complexity index is 860. The predicted molar refractivity (Wildman–Crippen MR) is 91.4 cm³/mol. The summed E-state index contributed by atoms with van der Waals surface area (Å²) in [5, 5.41) is 14.5. The molecule has 6 heteroatoms. The van der Waals surface area contributed by atoms with Crippen molar-refractivity contribution in [1.29, 1.82) is 0 Å². The number of methoxy groups -OCH3 is 2. The van der Waals surface area contributed by atoms with Gasteiger partial charge in [0.05, 0.1) is 37.0 Å². The van der Waals surface area contributed by atoms with E-state index in [4.69, 9.17) is 25.6 Å². The van der Waals surface area contributed by atoms with Crippen molar-refractivity contribution < 1.29 is 19.1 Å². The summed E-state index contributed by atoms with van der Waals surface area (Å²) >= 11 is 6.24. The Morgan fingerprint density at radius 3 is 2.46 bits per heavy atom. The summed E-state index contributed by atoms with van der Waals surface area (Å²) in [5.41, 5.74) is 2.38. The minimum Gasteiger partial charge on any atom is -0.493 e. The van der Waals surface area contributed by atoms with E-state index in [0.29, 0.717) is 44.7 Å². The Labute approximate surface area is 144 Å². The lowest BCUT2D eigenvalue weighted by molar-refractivity contribution is 0.281. The maximum atomic E-state index is 9.88. The molecule has 0 aliphatic rings. The van der Waals surface area contributed by atoms with Crippen molar-refractivity contribution >= 4 is 11.6 Å². The van der Waals surface area contributed by atoms with E-state index in [1.54, 1.807) is 26.4 Å². The predicted octanol–water partition coefficient (Wildman–Crippen LogP) is 4.17. The van der Waals surface area contributed by atoms with Gasteiger partial charge in [0, 0.05) is 5.56 Å². The highest BCUT2D eigenvalue weighted by molar-refractivity contribution is 6.33. The third-order valence-electron chi connectivity index (χ3n) is 3.72. The van der Waals surface area contributed by atoms with Crippen LogP contribution in [0.4, 0.5) is 0 Å². The number of benzene rings is 2. The number of rotatable bonds is 5. The zero-order valence-corrected chi connectivity index (χ0v) is 14.0. The Balaban J connectivity index is 2.20. The van der Waals surface area contributed by atoms with E-state index in [9.17, 15) is 5.11 Å². The van der Waals surface area contributed by atoms with Crippen molar-refractivity contribution in [1.82, 2.24) is 5.16 Å². The van der Waals surface area contributed by atoms with E-state index in [1.807, 2.05) is 30.3 Å². The number of halogens is 1. The van der Waals surface area contributed by atoms with E-state index < -0.39 is 0 Å². The molecule has 2 aromatic carbocycles. The van der Waals surface area contributed by atoms with Crippen LogP contribution in [-0.2, 0) is 6.61 Å². The molecule has 3 rings (SSSR count). The van der Waals surface area contributed by atoms with Gasteiger partial charge in [0.15, 0.2) is 17.3 Å². The second-order valence-corrected chi connectivity index (χ2v) is 5.43. The summed E-state index contributed by atoms with van der Waals surface area (Å²) in [6.07, 6.45) is 0. The Kier molecular flexibility index (Phi) is 4.74. The van der Waals surface area contributed by atoms with E-state index in [0.717, 1.165) is 0 Å². The number of ether oxygens (including phenoxy) is 2. The summed E-state index contributed by atoms with van der Waals surface area (Å²) in [6, 6.07) is 12.7. The normalized spacial score (nSPS) is 10.7. The minimum absolute atomic E-state index is 0.250. The van der Waals surface area contributed by atoms with Gasteiger partial charge in [0.25, 0.3) is 0 Å². The van der Waals surface area contributed by atoms with Crippen LogP contribution in [-0.4, -0.2) is 24.5 Å². The highest BCUT2D eigenvalue weighted by atomic mass is 35.5. The fourth-order valence-corrected chi connectivity index (χ4v) is 2.82. The fourth-order valence-electron chi connectivity index (χ4n) is 2.60. The Morgan fingerprint density at radius 1 is 1.04 bits per heavy atom. The summed E-state index contributed by atoms with van der Waals surface area (Å²) < 4.78 is 16.3. The van der Waals surface area contributed by atoms with Crippen LogP contribution in [0.15, 0.2) is 47.0 Å². The number of aliphatic hydroxyl groups is 1. The molecule has 0 amide bonds. The van der Waals surface area contributed by atoms with Gasteiger partial charge >= 0.3 is 0 Å². The van der Waals surface area contributed by atoms with Gasteiger partial charge in [0.1, 0.15) is 5.69 Å². The Hall–Kier alpha value is -2.50. The summed E-state index contributed by atoms with van der Waals surface area (Å²) in [5.74, 6) is 1.49. The van der Waals surface area contributed by atoms with Crippen LogP contribution < -0.4 is 9.47 Å². The molecule has 0 bridgehead atoms. The first kappa shape index (κ1) is 16.4. The number of hydrogen-bond acceptors (Lipinski definition) is 5. The van der Waals surface area contributed by atoms with Crippen LogP contribution in [0.1, 0.15) is 5.56 Å². The van der Waals surface area contributed by atoms with Crippen LogP contribution >= 0.6 is 11.6 Å². The fraction of sp³-hybridized carbons (Fsp3) is 0.167. The van der Waals surface area contributed by atoms with Crippen molar-refractivity contribution in [3.05, 3.63) is 53.1 Å². The summed E-state index contributed by atoms with van der Waals surface area (Å²) in [6.45, 7) is -0.250. The molecule has 0 atom stereocenters. The number of aliphatic hydroxyl groups excluding tert-OH is 1. The maximum absolute atomic E-state index is 9.88. The van der Waals surface area contributed by atoms with Crippen LogP contribution in [0, 0.1) is 0 Å². The number of hydrogen-bond donors (Lipinski definition) is 1. The molecule has 0 aliphatic carbocycles. The van der Waals surface area contributed by atoms with Gasteiger partial charge in [-0.3, -0.25) is 0 Å². The molecular formula is C18H16ClNO4. The summed E-state index contributed by atoms with van der Waals surface area (Å²) in [7, 11) is 3.11. The summed E-state index contributed by atoms with van der Waals surface area (Å²) in [4.78, 5) is 0. The van der Waals surface area contributed by atoms with Gasteiger partial charge in [0.2, 0.25) is 0 Å². The van der Waals surface area contributed by atoms with Crippen LogP contribution in [0.3, 0.4) is 0 Å². The number of para-hydroxylation sites is 1. The van der Waals surface area contributed by atoms with Gasteiger partial charge in [-0.1, -0.05) is 41.0 Å². The standard InChI is InChI=1S/C18H16ClNO4/c1-22-15-9-5-7-12(18(15)23-2)17-13(10-21)16(20-24-17)11-6-3-4-8-14(11)19/h3-9,21H,10H2,1-2H3. The molecule has 1 heterocycles. The molecule has 0 radical (unpaired) electrons. The molecule has 0 fully saturated rings. The topological polar surface area (TPSA) is 64.7 Å². The molecule has 3 aromatic rings. The lowest BCUT2D eigenvalue weighted by Gasteiger charge is -2.11. The quantitative estimate of drug-likeness (QED) is 0.751. The molecular weight excluding hydrogens is 330 g/mol. The second-order valence-electron chi connectivity index (χ2n) is 5.02. The molecule has 5 nitrogen and oxygen atoms in total. The van der Waals surface area contributed by atoms with Crippen molar-refractivity contribution in [3.8, 4) is 34.1 Å². The van der Waals surface area contributed by atoms with Gasteiger partial charge in [-0.25, -0.2) is 0 Å². The van der Waals surface area contributed by atoms with Gasteiger partial charge in [-0.15, -0.1) is 0 Å². The highest BCUT2D eigenvalue weighted by Gasteiger charge is 2.23. The van der Waals surface area contributed by atoms with E-state index in [1.165, 1.54) is 0 Å². The van der Waals surface area contributed by atoms with E-state index in [2.05, 4.69) is 5.16 Å². The van der Waals surface area contributed by atoms with Crippen LogP contribution in [0.2, 0.25) is 5.02 Å². The molecule has 0 saturated carbocycles. The van der Waals surface area contributed by atoms with E-state index >= 15 is 0 Å². The third-order valence-corrected chi connectivity index (χ3v) is 4.05. The molecule has 124 valence electrons. The lowest BCUT2D eigenvalue weighted by atomic mass is 10.0. The first-order valence-electron chi connectivity index (χ1n) is 7.27. The second kappa shape index (κ2) is 6.95. The first-order chi connectivity index (χ1) is 11.7. The molecule has 0 aliphatic heterocycles. The van der Waals surface area contributed by atoms with Crippen molar-refractivity contribution in [3.63, 3.8) is 0 Å². The van der Waals surface area contributed by atoms with Crippen molar-refractivity contribution in [2.24, 2.45) is 0 Å². The monoisotopic (exact) mass is 345 g/mol. The molecule has 1 N–H and O–H groups in total. The largest absolute Gasteiger partial charge is 0.493 e. The zero-order valence-electron chi connectivity index (χ0n) is 13.2. The molecule has 1 aromatic heterocycles. The molecule has 0 saturated heterocycles. The SMILES string of the molecule is COc1cccc(-c2onc(-c3ccccc3Cl)c2CO)c1OC. The average molecular weight is 346 g/mol. The first-order valence-corrected chi connectivity index (χ1v) is 7.64. The van der Waals surface area contributed by atoms with Gasteiger partial charge in [-0.2, -0.15) is 0 Å².